The minimum atomic E-state index is -4.55. The van der Waals surface area contributed by atoms with Crippen molar-refractivity contribution in [3.05, 3.63) is 150 Å². The predicted molar refractivity (Wildman–Crippen MR) is 475 cm³/mol. The third-order valence-corrected chi connectivity index (χ3v) is 25.6. The van der Waals surface area contributed by atoms with Crippen LogP contribution >= 0.6 is 0 Å². The van der Waals surface area contributed by atoms with Crippen molar-refractivity contribution in [3.63, 3.8) is 0 Å². The topological polar surface area (TPSA) is 616 Å². The number of alkyl carbamates (subject to hydrolysis) is 1. The van der Waals surface area contributed by atoms with E-state index in [2.05, 4.69) is 81.0 Å². The Kier molecular flexibility index (Phi) is 32.1. The highest BCUT2D eigenvalue weighted by Gasteiger charge is 2.47. The molecule has 4 aliphatic rings. The van der Waals surface area contributed by atoms with Crippen LogP contribution < -0.4 is 53.2 Å². The molecule has 0 saturated carbocycles. The number of nitrogens with zero attached hydrogens (tertiary/aromatic N) is 5. The van der Waals surface area contributed by atoms with Gasteiger partial charge in [-0.1, -0.05) is 47.1 Å². The van der Waals surface area contributed by atoms with Gasteiger partial charge in [0.15, 0.2) is 28.8 Å². The quantitative estimate of drug-likeness (QED) is 0.00601. The molecule has 5 aromatic heterocycles. The Morgan fingerprint density at radius 1 is 0.771 bits per heavy atom. The van der Waals surface area contributed by atoms with Gasteiger partial charge >= 0.3 is 24.0 Å². The molecule has 41 heteroatoms. The third kappa shape index (κ3) is 24.2. The van der Waals surface area contributed by atoms with Crippen molar-refractivity contribution in [2.24, 2.45) is 5.92 Å². The number of aliphatic hydroxyl groups is 2. The maximum atomic E-state index is 14.7. The molecule has 1 aliphatic carbocycles. The average Bonchev–Trinajstić information content (AvgIpc) is 1.56. The van der Waals surface area contributed by atoms with E-state index in [1.807, 2.05) is 66.7 Å². The van der Waals surface area contributed by atoms with Crippen molar-refractivity contribution in [2.75, 3.05) is 37.0 Å². The Labute approximate surface area is 752 Å². The number of fused-ring (bicyclic) bond motifs is 9. The molecule has 3 aliphatic heterocycles. The van der Waals surface area contributed by atoms with Crippen LogP contribution in [-0.2, 0) is 82.3 Å². The number of methoxy groups -OCH3 is 1. The maximum absolute atomic E-state index is 14.7. The van der Waals surface area contributed by atoms with E-state index in [4.69, 9.17) is 34.6 Å². The molecular formula is C90H112N16O24S. The predicted octanol–water partition coefficient (Wildman–Crippen LogP) is 7.03. The molecule has 702 valence electrons. The number of anilines is 2. The summed E-state index contributed by atoms with van der Waals surface area (Å²) in [7, 11) is -3.31. The number of aliphatic carboxylic acids is 2. The molecule has 17 N–H and O–H groups in total. The summed E-state index contributed by atoms with van der Waals surface area (Å²) in [6, 6.07) is 12.3. The van der Waals surface area contributed by atoms with Crippen molar-refractivity contribution >= 4 is 126 Å². The molecule has 0 radical (unpaired) electrons. The largest absolute Gasteiger partial charge is 0.480 e. The first kappa shape index (κ1) is 98.6. The van der Waals surface area contributed by atoms with Gasteiger partial charge in [-0.15, -0.1) is 0 Å². The normalized spacial score (nSPS) is 19.5. The van der Waals surface area contributed by atoms with E-state index < -0.39 is 173 Å². The molecule has 14 atom stereocenters. The highest BCUT2D eigenvalue weighted by molar-refractivity contribution is 7.85. The Bertz CT molecular complexity index is 5940. The van der Waals surface area contributed by atoms with Gasteiger partial charge in [0, 0.05) is 142 Å². The Morgan fingerprint density at radius 2 is 1.47 bits per heavy atom. The number of carbonyl (C=O) groups excluding carboxylic acids is 10. The van der Waals surface area contributed by atoms with Crippen LogP contribution in [0.25, 0.3) is 33.2 Å². The Morgan fingerprint density at radius 3 is 2.15 bits per heavy atom. The highest BCUT2D eigenvalue weighted by Crippen LogP contribution is 2.49. The van der Waals surface area contributed by atoms with Crippen molar-refractivity contribution in [2.45, 2.75) is 250 Å². The van der Waals surface area contributed by atoms with Crippen LogP contribution in [0.3, 0.4) is 0 Å². The van der Waals surface area contributed by atoms with Gasteiger partial charge < -0.3 is 92.3 Å². The zero-order valence-corrected chi connectivity index (χ0v) is 75.3. The second-order valence-corrected chi connectivity index (χ2v) is 35.5. The molecular weight excluding hydrogens is 1720 g/mol. The number of amides is 6. The summed E-state index contributed by atoms with van der Waals surface area (Å²) >= 11 is 0. The lowest BCUT2D eigenvalue weighted by Crippen LogP contribution is -2.53. The zero-order chi connectivity index (χ0) is 95.4. The maximum Gasteiger partial charge on any atom is 0.407 e. The number of carboxylic acid groups (broad SMARTS) is 2. The summed E-state index contributed by atoms with van der Waals surface area (Å²) in [5.41, 5.74) is 13.2. The summed E-state index contributed by atoms with van der Waals surface area (Å²) in [6.07, 6.45) is -6.13. The average molecular weight is 1830 g/mol. The number of esters is 1. The molecule has 8 heterocycles. The lowest BCUT2D eigenvalue weighted by Gasteiger charge is -2.35. The number of hydrogen-bond donors (Lipinski definition) is 16. The molecule has 2 aromatic carbocycles. The summed E-state index contributed by atoms with van der Waals surface area (Å²) in [5.74, 6) is -12.2. The number of aliphatic hydroxyl groups excluding tert-OH is 2. The van der Waals surface area contributed by atoms with Crippen LogP contribution in [0.2, 0.25) is 0 Å². The van der Waals surface area contributed by atoms with Gasteiger partial charge in [0.2, 0.25) is 35.9 Å². The third-order valence-electron chi connectivity index (χ3n) is 24.8. The van der Waals surface area contributed by atoms with Gasteiger partial charge in [-0.3, -0.25) is 67.5 Å². The van der Waals surface area contributed by atoms with E-state index in [9.17, 15) is 95.7 Å². The molecule has 6 amide bonds. The van der Waals surface area contributed by atoms with Gasteiger partial charge in [0.1, 0.15) is 42.2 Å². The van der Waals surface area contributed by atoms with E-state index in [0.29, 0.717) is 104 Å². The lowest BCUT2D eigenvalue weighted by atomic mass is 9.83. The van der Waals surface area contributed by atoms with Crippen molar-refractivity contribution < 1.29 is 110 Å². The lowest BCUT2D eigenvalue weighted by molar-refractivity contribution is -0.228. The number of aryl methyl sites for hydroxylation is 2. The fourth-order valence-electron chi connectivity index (χ4n) is 17.1. The molecule has 40 nitrogen and oxygen atoms in total. The molecule has 7 unspecified atom stereocenters. The van der Waals surface area contributed by atoms with E-state index in [1.165, 1.54) is 62.7 Å². The SMILES string of the molecule is CCC(CCC(C)(CC)NC(=O)OCc1ccc(OC2CC(O)[C@@H](O)C(C(=O)O)O2)c(CC(=O)CCCNC(=O)[C@H](CC(=O)NCCS(=O)(=O)O)NC(=O)CC[C@H](NC(=O)c2ccc(NCc3cnc4nc(N)[nH]c(=O)c4n3)cc2)C(=O)O)c1)C(C)NC(=O)CC[C@@H]1c2nc(cc3[nH]c(cc4nc(cc5[nH]c6c(c5C)C(=O)C(C(=O)OC)c26)[C@H](CC)[C@H]4C)c(C(C)=O)c3C)[C@H]1C. The standard InChI is InChI=1S/C90H112N16O24S/c1-12-49(46(8)96-67(110)25-22-56-43(5)59-34-60-44(6)71(47(9)107)63(99-60)36-58-42(4)55(13-2)62(98-58)35-61-45(7)72-76(102-61)73(75(56)101-59)74(79(72)114)87(122)127-11)27-28-90(10,14-3)106-89(123)128-41-48-17-24-66(129-70-38-65(109)78(113)80(130-70)86(120)121)51(32-48)33-54(108)16-15-29-93-83(116)64(37-69(112)92-30-31-131(124,125)126)100-68(111)26-23-57(85(118)119)103-82(115)50-18-20-52(21-19-50)94-39-53-40-95-81-77(97-53)84(117)105-88(91)104-81/h17-21,24,32,34-36,40,42-43,46,49,55-57,64-65,70,74,78,80,94,99,102,109,113H,12-16,22-23,25-31,33,37-39,41H2,1-11H3,(H,92,112)(H,93,116)(H,96,110)(H,100,111)(H,103,115)(H,106,123)(H,118,119)(H,120,121)(H,124,125,126)(H3,91,95,104,105,117)/t42-,43+,46?,49?,55-,56+,57+,64+,65?,70?,74?,78-,80?,90?/m1/s1. The van der Waals surface area contributed by atoms with Crippen LogP contribution in [0.4, 0.5) is 16.4 Å². The smallest absolute Gasteiger partial charge is 0.407 e. The molecule has 8 bridgehead atoms. The number of nitrogens with two attached hydrogens (primary N) is 1. The molecule has 1 fully saturated rings. The second-order valence-electron chi connectivity index (χ2n) is 34.0. The molecule has 7 aromatic rings. The van der Waals surface area contributed by atoms with Gasteiger partial charge in [-0.05, 0) is 157 Å². The van der Waals surface area contributed by atoms with Crippen molar-refractivity contribution in [1.29, 1.82) is 0 Å². The fourth-order valence-corrected chi connectivity index (χ4v) is 17.5. The highest BCUT2D eigenvalue weighted by atomic mass is 32.2. The zero-order valence-electron chi connectivity index (χ0n) is 74.5. The summed E-state index contributed by atoms with van der Waals surface area (Å²) in [4.78, 5) is 207. The van der Waals surface area contributed by atoms with Gasteiger partial charge in [0.05, 0.1) is 60.6 Å². The first-order chi connectivity index (χ1) is 62.1. The number of carboxylic acids is 2. The first-order valence-electron chi connectivity index (χ1n) is 43.5. The number of ketones is 3. The number of nitrogens with one attached hydrogen (secondary N) is 10. The number of carbonyl (C=O) groups is 12. The van der Waals surface area contributed by atoms with E-state index >= 15 is 0 Å². The van der Waals surface area contributed by atoms with Gasteiger partial charge in [-0.2, -0.15) is 13.4 Å². The molecule has 0 spiro atoms. The van der Waals surface area contributed by atoms with Crippen LogP contribution in [0.5, 0.6) is 5.75 Å². The number of rotatable bonds is 41. The fraction of sp³-hybridized carbons (Fsp3) is 0.489. The van der Waals surface area contributed by atoms with E-state index in [0.717, 1.165) is 17.8 Å². The number of aromatic amines is 3. The van der Waals surface area contributed by atoms with Crippen molar-refractivity contribution in [3.8, 4) is 5.75 Å². The van der Waals surface area contributed by atoms with E-state index in [-0.39, 0.29) is 121 Å². The molecule has 131 heavy (non-hydrogen) atoms. The van der Waals surface area contributed by atoms with Crippen LogP contribution in [0.1, 0.15) is 256 Å². The summed E-state index contributed by atoms with van der Waals surface area (Å²) in [6.45, 7) is 18.0. The minimum Gasteiger partial charge on any atom is -0.480 e. The van der Waals surface area contributed by atoms with Crippen LogP contribution in [-0.4, -0.2) is 218 Å². The Balaban J connectivity index is 0.704. The summed E-state index contributed by atoms with van der Waals surface area (Å²) < 4.78 is 54.8. The second kappa shape index (κ2) is 42.7. The number of ether oxygens (including phenoxy) is 4. The van der Waals surface area contributed by atoms with E-state index in [1.54, 1.807) is 0 Å². The minimum absolute atomic E-state index is 0.00363. The number of aromatic nitrogens is 8. The number of Topliss-reactive ketones (excluding diaryl/α,β-unsaturated/α-hetero) is 3. The Hall–Kier alpha value is -13.0. The van der Waals surface area contributed by atoms with Crippen molar-refractivity contribution in [1.82, 2.24) is 71.8 Å². The van der Waals surface area contributed by atoms with Gasteiger partial charge in [0.25, 0.3) is 21.6 Å². The van der Waals surface area contributed by atoms with Gasteiger partial charge in [-0.25, -0.2) is 24.4 Å². The molecule has 11 rings (SSSR count). The number of hydrogen-bond acceptors (Lipinski definition) is 28. The summed E-state index contributed by atoms with van der Waals surface area (Å²) in [5, 5.41) is 59.7. The van der Waals surface area contributed by atoms with Crippen LogP contribution in [0, 0.1) is 19.8 Å². The number of H-pyrrole nitrogens is 3. The van der Waals surface area contributed by atoms with Crippen LogP contribution in [0.15, 0.2) is 71.7 Å². The first-order valence-corrected chi connectivity index (χ1v) is 45.1. The monoisotopic (exact) mass is 1830 g/mol. The molecule has 1 saturated heterocycles. The number of nitrogen functional groups attached to an aromatic ring is 1. The number of benzene rings is 2.